The molecule has 0 spiro atoms. The van der Waals surface area contributed by atoms with E-state index in [4.69, 9.17) is 0 Å². The van der Waals surface area contributed by atoms with Gasteiger partial charge in [-0.25, -0.2) is 5.43 Å². The van der Waals surface area contributed by atoms with Crippen molar-refractivity contribution in [3.63, 3.8) is 0 Å². The summed E-state index contributed by atoms with van der Waals surface area (Å²) >= 11 is 0. The predicted octanol–water partition coefficient (Wildman–Crippen LogP) is -0.582. The largest absolute Gasteiger partial charge is 0.300 e. The van der Waals surface area contributed by atoms with E-state index in [2.05, 4.69) is 30.0 Å². The van der Waals surface area contributed by atoms with Crippen LogP contribution in [0.1, 0.15) is 13.8 Å². The van der Waals surface area contributed by atoms with Crippen molar-refractivity contribution < 1.29 is 0 Å². The fourth-order valence-corrected chi connectivity index (χ4v) is 0.723. The molecule has 0 radical (unpaired) electrons. The normalized spacial score (nSPS) is 39.8. The van der Waals surface area contributed by atoms with E-state index in [1.807, 2.05) is 0 Å². The van der Waals surface area contributed by atoms with Gasteiger partial charge in [0, 0.05) is 12.6 Å². The van der Waals surface area contributed by atoms with Gasteiger partial charge in [0.25, 0.3) is 0 Å². The third-order valence-electron chi connectivity index (χ3n) is 1.28. The first kappa shape index (κ1) is 6.01. The quantitative estimate of drug-likeness (QED) is 0.395. The van der Waals surface area contributed by atoms with E-state index < -0.39 is 0 Å². The molecule has 2 unspecified atom stereocenters. The fraction of sp³-hybridized carbons (Fsp3) is 1.00. The number of hydrazine groups is 1. The molecular weight excluding hydrogens is 102 g/mol. The maximum Gasteiger partial charge on any atom is 0.0676 e. The van der Waals surface area contributed by atoms with Crippen LogP contribution in [0.4, 0.5) is 0 Å². The Kier molecular flexibility index (Phi) is 1.83. The Labute approximate surface area is 49.8 Å². The number of rotatable bonds is 0. The van der Waals surface area contributed by atoms with Gasteiger partial charge in [0.05, 0.1) is 6.17 Å². The summed E-state index contributed by atoms with van der Waals surface area (Å²) in [4.78, 5) is 0. The Morgan fingerprint density at radius 3 is 2.38 bits per heavy atom. The van der Waals surface area contributed by atoms with Crippen LogP contribution in [-0.2, 0) is 0 Å². The summed E-state index contributed by atoms with van der Waals surface area (Å²) in [5.74, 6) is 0. The van der Waals surface area contributed by atoms with Gasteiger partial charge in [-0.15, -0.1) is 0 Å². The zero-order valence-electron chi connectivity index (χ0n) is 5.36. The van der Waals surface area contributed by atoms with Gasteiger partial charge in [-0.05, 0) is 13.8 Å². The van der Waals surface area contributed by atoms with E-state index in [0.29, 0.717) is 12.2 Å². The van der Waals surface area contributed by atoms with Crippen LogP contribution in [0.15, 0.2) is 0 Å². The summed E-state index contributed by atoms with van der Waals surface area (Å²) in [7, 11) is 0. The van der Waals surface area contributed by atoms with E-state index in [0.717, 1.165) is 6.54 Å². The zero-order valence-corrected chi connectivity index (χ0v) is 5.36. The van der Waals surface area contributed by atoms with Crippen molar-refractivity contribution in [3.8, 4) is 0 Å². The first-order valence-corrected chi connectivity index (χ1v) is 3.03. The molecule has 8 heavy (non-hydrogen) atoms. The highest BCUT2D eigenvalue weighted by Gasteiger charge is 2.09. The van der Waals surface area contributed by atoms with Gasteiger partial charge in [0.2, 0.25) is 0 Å². The minimum Gasteiger partial charge on any atom is -0.300 e. The number of hydrogen-bond donors (Lipinski definition) is 3. The summed E-state index contributed by atoms with van der Waals surface area (Å²) in [6.07, 6.45) is 0.409. The highest BCUT2D eigenvalue weighted by Crippen LogP contribution is 1.83. The predicted molar refractivity (Wildman–Crippen MR) is 33.2 cm³/mol. The van der Waals surface area contributed by atoms with Crippen LogP contribution >= 0.6 is 0 Å². The summed E-state index contributed by atoms with van der Waals surface area (Å²) in [5, 5.41) is 3.26. The van der Waals surface area contributed by atoms with E-state index in [-0.39, 0.29) is 0 Å². The molecule has 1 heterocycles. The molecule has 3 heteroatoms. The van der Waals surface area contributed by atoms with Gasteiger partial charge in [-0.1, -0.05) is 0 Å². The number of hydrogen-bond acceptors (Lipinski definition) is 3. The van der Waals surface area contributed by atoms with Crippen molar-refractivity contribution in [1.82, 2.24) is 16.2 Å². The minimum atomic E-state index is 0.409. The topological polar surface area (TPSA) is 36.1 Å². The molecule has 3 N–H and O–H groups in total. The van der Waals surface area contributed by atoms with Crippen LogP contribution in [0.2, 0.25) is 0 Å². The SMILES string of the molecule is CC1CNC(C)NN1. The maximum atomic E-state index is 3.26. The van der Waals surface area contributed by atoms with Gasteiger partial charge in [-0.2, -0.15) is 0 Å². The van der Waals surface area contributed by atoms with Gasteiger partial charge in [0.15, 0.2) is 0 Å². The molecule has 0 aliphatic carbocycles. The molecule has 1 fully saturated rings. The van der Waals surface area contributed by atoms with E-state index in [9.17, 15) is 0 Å². The van der Waals surface area contributed by atoms with Crippen LogP contribution in [0.3, 0.4) is 0 Å². The molecule has 0 aromatic heterocycles. The summed E-state index contributed by atoms with van der Waals surface area (Å²) in [6.45, 7) is 5.26. The average Bonchev–Trinajstić information content (AvgIpc) is 1.77. The van der Waals surface area contributed by atoms with Crippen LogP contribution < -0.4 is 16.2 Å². The third kappa shape index (κ3) is 1.43. The Morgan fingerprint density at radius 1 is 1.25 bits per heavy atom. The van der Waals surface area contributed by atoms with Crippen molar-refractivity contribution in [2.75, 3.05) is 6.54 Å². The summed E-state index contributed by atoms with van der Waals surface area (Å²) in [5.41, 5.74) is 6.19. The molecule has 0 aromatic carbocycles. The highest BCUT2D eigenvalue weighted by atomic mass is 15.5. The lowest BCUT2D eigenvalue weighted by atomic mass is 10.3. The van der Waals surface area contributed by atoms with Gasteiger partial charge < -0.3 is 0 Å². The molecule has 0 aromatic rings. The van der Waals surface area contributed by atoms with E-state index >= 15 is 0 Å². The van der Waals surface area contributed by atoms with Gasteiger partial charge in [0.1, 0.15) is 0 Å². The van der Waals surface area contributed by atoms with Crippen molar-refractivity contribution in [3.05, 3.63) is 0 Å². The molecule has 0 amide bonds. The molecule has 1 aliphatic rings. The molecule has 48 valence electrons. The fourth-order valence-electron chi connectivity index (χ4n) is 0.723. The first-order chi connectivity index (χ1) is 3.79. The van der Waals surface area contributed by atoms with Crippen LogP contribution in [0, 0.1) is 0 Å². The monoisotopic (exact) mass is 115 g/mol. The number of nitrogens with one attached hydrogen (secondary N) is 3. The molecule has 2 atom stereocenters. The lowest BCUT2D eigenvalue weighted by Gasteiger charge is -2.27. The van der Waals surface area contributed by atoms with Crippen molar-refractivity contribution in [2.24, 2.45) is 0 Å². The van der Waals surface area contributed by atoms with Gasteiger partial charge in [-0.3, -0.25) is 10.7 Å². The molecule has 3 nitrogen and oxygen atoms in total. The molecule has 1 saturated heterocycles. The molecule has 1 rings (SSSR count). The second-order valence-electron chi connectivity index (χ2n) is 2.32. The molecule has 0 saturated carbocycles. The summed E-state index contributed by atoms with van der Waals surface area (Å²) in [6, 6.07) is 0.547. The standard InChI is InChI=1S/C5H13N3/c1-4-3-6-5(2)8-7-4/h4-8H,3H2,1-2H3. The van der Waals surface area contributed by atoms with Crippen LogP contribution in [-0.4, -0.2) is 18.8 Å². The molecule has 1 aliphatic heterocycles. The average molecular weight is 115 g/mol. The van der Waals surface area contributed by atoms with E-state index in [1.165, 1.54) is 0 Å². The zero-order chi connectivity index (χ0) is 5.98. The second kappa shape index (κ2) is 2.44. The van der Waals surface area contributed by atoms with Crippen molar-refractivity contribution in [1.29, 1.82) is 0 Å². The lowest BCUT2D eigenvalue weighted by Crippen LogP contribution is -2.59. The third-order valence-corrected chi connectivity index (χ3v) is 1.28. The highest BCUT2D eigenvalue weighted by molar-refractivity contribution is 4.69. The van der Waals surface area contributed by atoms with Crippen molar-refractivity contribution >= 4 is 0 Å². The Hall–Kier alpha value is -0.120. The second-order valence-corrected chi connectivity index (χ2v) is 2.32. The maximum absolute atomic E-state index is 3.26. The smallest absolute Gasteiger partial charge is 0.0676 e. The van der Waals surface area contributed by atoms with E-state index in [1.54, 1.807) is 0 Å². The molecule has 0 bridgehead atoms. The summed E-state index contributed by atoms with van der Waals surface area (Å²) < 4.78 is 0. The Bertz CT molecular complexity index is 56.1. The van der Waals surface area contributed by atoms with Crippen LogP contribution in [0.25, 0.3) is 0 Å². The lowest BCUT2D eigenvalue weighted by molar-refractivity contribution is 0.285. The Balaban J connectivity index is 2.19. The van der Waals surface area contributed by atoms with Crippen LogP contribution in [0.5, 0.6) is 0 Å². The molecular formula is C5H13N3. The van der Waals surface area contributed by atoms with Crippen molar-refractivity contribution in [2.45, 2.75) is 26.1 Å². The first-order valence-electron chi connectivity index (χ1n) is 3.03. The van der Waals surface area contributed by atoms with Gasteiger partial charge >= 0.3 is 0 Å². The minimum absolute atomic E-state index is 0.409. The Morgan fingerprint density at radius 2 is 2.00 bits per heavy atom.